The molecule has 21 rings (SSSR count). The summed E-state index contributed by atoms with van der Waals surface area (Å²) in [5.41, 5.74) is 19.1. The van der Waals surface area contributed by atoms with Gasteiger partial charge in [0.2, 0.25) is 17.7 Å². The molecule has 10 heterocycles. The largest absolute Gasteiger partial charge is 0.506 e. The zero-order chi connectivity index (χ0) is 99.0. The number of aryl methyl sites for hydroxylation is 8. The van der Waals surface area contributed by atoms with Crippen molar-refractivity contribution in [1.29, 1.82) is 0 Å². The lowest BCUT2D eigenvalue weighted by Crippen LogP contribution is -2.42. The van der Waals surface area contributed by atoms with Crippen LogP contribution in [0.1, 0.15) is 102 Å². The molecule has 139 heavy (non-hydrogen) atoms. The fraction of sp³-hybridized carbons (Fsp3) is 0.162. The van der Waals surface area contributed by atoms with Gasteiger partial charge in [-0.2, -0.15) is 0 Å². The number of hydrazine groups is 1. The second kappa shape index (κ2) is 44.0. The second-order valence-corrected chi connectivity index (χ2v) is 31.5. The third kappa shape index (κ3) is 23.3. The van der Waals surface area contributed by atoms with Crippen LogP contribution in [0.2, 0.25) is 0 Å². The van der Waals surface area contributed by atoms with Crippen molar-refractivity contribution in [3.05, 3.63) is 301 Å². The molecule has 0 aliphatic heterocycles. The summed E-state index contributed by atoms with van der Waals surface area (Å²) in [4.78, 5) is 68.3. The number of oxazole rings is 8. The molecule has 0 aliphatic carbocycles. The fourth-order valence-electron chi connectivity index (χ4n) is 13.9. The van der Waals surface area contributed by atoms with Gasteiger partial charge in [-0.05, 0) is 182 Å². The fourth-order valence-corrected chi connectivity index (χ4v) is 14.7. The van der Waals surface area contributed by atoms with Gasteiger partial charge in [0.1, 0.15) is 23.2 Å². The van der Waals surface area contributed by atoms with Crippen LogP contribution in [0.25, 0.3) is 118 Å². The molecule has 21 aromatic rings. The summed E-state index contributed by atoms with van der Waals surface area (Å²) in [6.07, 6.45) is 3.27. The zero-order valence-corrected chi connectivity index (χ0v) is 79.3. The number of methoxy groups -OCH3 is 5. The number of aromatic nitrogens is 12. The number of hydrogen-bond donors (Lipinski definition) is 5. The summed E-state index contributed by atoms with van der Waals surface area (Å²) in [6, 6.07) is 47.2. The highest BCUT2D eigenvalue weighted by Crippen LogP contribution is 2.41. The maximum Gasteiger partial charge on any atom is 0.273 e. The number of aldehydes is 1. The smallest absolute Gasteiger partial charge is 0.273 e. The van der Waals surface area contributed by atoms with Crippen molar-refractivity contribution in [1.82, 2.24) is 71.1 Å². The Morgan fingerprint density at radius 2 is 0.705 bits per heavy atom. The van der Waals surface area contributed by atoms with Crippen LogP contribution in [0.4, 0.5) is 13.2 Å². The van der Waals surface area contributed by atoms with Gasteiger partial charge in [0.25, 0.3) is 17.7 Å². The normalized spacial score (nSPS) is 10.8. The van der Waals surface area contributed by atoms with Crippen LogP contribution < -0.4 is 34.5 Å². The van der Waals surface area contributed by atoms with E-state index in [4.69, 9.17) is 67.9 Å². The summed E-state index contributed by atoms with van der Waals surface area (Å²) in [5.74, 6) is 6.67. The lowest BCUT2D eigenvalue weighted by atomic mass is 10.1. The van der Waals surface area contributed by atoms with E-state index in [-0.39, 0.29) is 58.3 Å². The maximum absolute atomic E-state index is 13.0. The highest BCUT2D eigenvalue weighted by Gasteiger charge is 2.25. The van der Waals surface area contributed by atoms with Crippen LogP contribution in [0.5, 0.6) is 46.0 Å². The SMILES string of the molecule is C=Cc1ccc2oc(C)nc2c1OC.COc1c(-c2nnc(Cc3ccc(F)cc3)o2)ccc2oc(C)nc12.COc1c(Br)ccc2oc(C)nc12.COc1c(C(=O)NNC(=O)Cc2ccc(F)cc2)ccc2oc(C)nc12.COc1c(C=O)ccc2oc(C)nc12.Cc1nc2c(O)c(-c3nnc(Cc4ccc(F)cc4)o3)ccc2o1.Cc1nc2c(O)c(Br)ccc2o1.Cc1nc2c(O)cccc2o1. The number of nitrogens with one attached hydrogen (secondary N) is 2. The first-order valence-electron chi connectivity index (χ1n) is 41.7. The first-order chi connectivity index (χ1) is 66.9. The molecule has 0 unspecified atom stereocenters. The van der Waals surface area contributed by atoms with Gasteiger partial charge in [-0.25, -0.2) is 53.0 Å². The van der Waals surface area contributed by atoms with E-state index >= 15 is 0 Å². The molecule has 710 valence electrons. The summed E-state index contributed by atoms with van der Waals surface area (Å²) >= 11 is 6.57. The van der Waals surface area contributed by atoms with Crippen LogP contribution in [0.3, 0.4) is 0 Å². The number of nitrogens with zero attached hydrogens (tertiary/aromatic N) is 12. The Labute approximate surface area is 802 Å². The molecule has 2 amide bonds. The molecule has 40 heteroatoms. The zero-order valence-electron chi connectivity index (χ0n) is 76.2. The van der Waals surface area contributed by atoms with Gasteiger partial charge in [0, 0.05) is 61.0 Å². The van der Waals surface area contributed by atoms with Crippen molar-refractivity contribution >= 4 is 145 Å². The van der Waals surface area contributed by atoms with Gasteiger partial charge in [-0.1, -0.05) is 55.1 Å². The number of ether oxygens (including phenoxy) is 5. The van der Waals surface area contributed by atoms with Gasteiger partial charge >= 0.3 is 0 Å². The molecule has 35 nitrogen and oxygen atoms in total. The van der Waals surface area contributed by atoms with Crippen molar-refractivity contribution in [3.63, 3.8) is 0 Å². The predicted molar refractivity (Wildman–Crippen MR) is 509 cm³/mol. The Morgan fingerprint density at radius 1 is 0.360 bits per heavy atom. The van der Waals surface area contributed by atoms with Crippen molar-refractivity contribution in [3.8, 4) is 68.9 Å². The Hall–Kier alpha value is -17.0. The van der Waals surface area contributed by atoms with Crippen LogP contribution in [0.15, 0.2) is 236 Å². The monoisotopic (exact) mass is 2020 g/mol. The molecule has 0 radical (unpaired) electrons. The summed E-state index contributed by atoms with van der Waals surface area (Å²) < 4.78 is 121. The lowest BCUT2D eigenvalue weighted by Gasteiger charge is -2.10. The van der Waals surface area contributed by atoms with Gasteiger partial charge in [0.15, 0.2) is 182 Å². The Balaban J connectivity index is 0.000000129. The number of rotatable bonds is 16. The summed E-state index contributed by atoms with van der Waals surface area (Å²) in [7, 11) is 7.71. The molecule has 0 saturated carbocycles. The molecule has 0 atom stereocenters. The van der Waals surface area contributed by atoms with Crippen LogP contribution in [0, 0.1) is 72.8 Å². The molecule has 11 aromatic carbocycles. The third-order valence-electron chi connectivity index (χ3n) is 20.0. The number of halogens is 5. The quantitative estimate of drug-likeness (QED) is 0.0443. The maximum atomic E-state index is 13.0. The van der Waals surface area contributed by atoms with E-state index in [1.54, 1.807) is 166 Å². The third-order valence-corrected chi connectivity index (χ3v) is 21.3. The second-order valence-electron chi connectivity index (χ2n) is 29.8. The molecule has 0 saturated heterocycles. The number of amides is 2. The number of aromatic hydroxyl groups is 3. The lowest BCUT2D eigenvalue weighted by molar-refractivity contribution is -0.121. The molecular formula is C99H83Br2F3N14O21. The minimum atomic E-state index is -0.558. The predicted octanol–water partition coefficient (Wildman–Crippen LogP) is 21.9. The highest BCUT2D eigenvalue weighted by atomic mass is 79.9. The number of phenols is 3. The van der Waals surface area contributed by atoms with Crippen molar-refractivity contribution in [2.75, 3.05) is 35.5 Å². The van der Waals surface area contributed by atoms with Crippen LogP contribution >= 0.6 is 31.9 Å². The van der Waals surface area contributed by atoms with Crippen LogP contribution in [-0.2, 0) is 24.1 Å². The number of hydrogen-bond acceptors (Lipinski definition) is 33. The first kappa shape index (κ1) is 98.0. The van der Waals surface area contributed by atoms with Crippen LogP contribution in [-0.4, -0.2) is 129 Å². The number of fused-ring (bicyclic) bond motifs is 8. The average Bonchev–Trinajstić information content (AvgIpc) is 1.61. The highest BCUT2D eigenvalue weighted by molar-refractivity contribution is 9.11. The number of para-hydroxylation sites is 1. The van der Waals surface area contributed by atoms with E-state index in [9.17, 15) is 42.9 Å². The van der Waals surface area contributed by atoms with Gasteiger partial charge in [0.05, 0.1) is 86.0 Å². The number of carbonyl (C=O) groups excluding carboxylic acids is 3. The number of benzene rings is 11. The number of phenolic OH excluding ortho intramolecular Hbond substituents is 3. The van der Waals surface area contributed by atoms with E-state index in [1.165, 1.54) is 68.8 Å². The Morgan fingerprint density at radius 3 is 1.14 bits per heavy atom. The summed E-state index contributed by atoms with van der Waals surface area (Å²) in [6.45, 7) is 17.7. The molecule has 10 aromatic heterocycles. The average molecular weight is 2020 g/mol. The Bertz CT molecular complexity index is 7910. The van der Waals surface area contributed by atoms with E-state index in [2.05, 4.69) is 110 Å². The van der Waals surface area contributed by atoms with Gasteiger partial charge in [-0.3, -0.25) is 25.2 Å². The summed E-state index contributed by atoms with van der Waals surface area (Å²) in [5, 5.41) is 45.2. The van der Waals surface area contributed by atoms with Crippen molar-refractivity contribution in [2.45, 2.75) is 74.7 Å². The van der Waals surface area contributed by atoms with E-state index in [0.29, 0.717) is 194 Å². The minimum Gasteiger partial charge on any atom is -0.506 e. The molecule has 0 bridgehead atoms. The topological polar surface area (TPSA) is 468 Å². The van der Waals surface area contributed by atoms with Crippen molar-refractivity contribution in [2.24, 2.45) is 0 Å². The molecule has 5 N–H and O–H groups in total. The Kier molecular flexibility index (Phi) is 31.0. The first-order valence-corrected chi connectivity index (χ1v) is 43.3. The number of carbonyl (C=O) groups is 3. The molecule has 0 aliphatic rings. The standard InChI is InChI=1S/C18H16FN3O4.C18H14FN3O3.C17H12FN3O3.C11H11NO2.C10H9NO3.C9H8BrNO2.C8H6BrNO2.C8H7NO2/c1-10-20-16-14(26-10)8-7-13(17(16)25-2)18(24)22-21-15(23)9-11-3-5-12(19)6-4-11;1-10-20-16-14(24-10)8-7-13(17(16)23-2)18-22-21-15(25-18)9-11-3-5-12(19)6-4-11;1-9-19-15-13(23-9)7-6-12(16(15)22)17-21-20-14(24-17)8-10-2-4-11(18)5-3-10;1-4-8-5-6-9-10(11(8)13-3)12-7(2)14-9;1-6-11-9-8(14-6)4-3-7(5-12)10(9)13-2;1-5-11-8-7(13-5)4-3-6(10)9(8)12-2;1-4-10-7-6(12-4)3-2-5(9)8(7)11;1-5-9-8-6(10)3-2-4-7(8)11-5/h3-8H,9H2,1-2H3,(H,21,23)(H,22,24);3-8H,9H2,1-2H3;2-7,22H,8H2,1H3;4-6H,1H2,2-3H3;3-5H,1-2H3;3-4H,1-2H3;2-3,11H,1H3;2-4,10H,1H3. The van der Waals surface area contributed by atoms with Gasteiger partial charge in [-0.15, -0.1) is 20.4 Å². The van der Waals surface area contributed by atoms with Crippen molar-refractivity contribution < 1.29 is 111 Å². The van der Waals surface area contributed by atoms with E-state index in [1.807, 2.05) is 38.1 Å². The molecule has 0 fully saturated rings. The minimum absolute atomic E-state index is 0.000783. The van der Waals surface area contributed by atoms with Gasteiger partial charge < -0.3 is 83.2 Å². The van der Waals surface area contributed by atoms with E-state index < -0.39 is 11.8 Å². The molecule has 0 spiro atoms. The molecular weight excluding hydrogens is 1940 g/mol. The van der Waals surface area contributed by atoms with E-state index in [0.717, 1.165) is 49.6 Å².